The summed E-state index contributed by atoms with van der Waals surface area (Å²) in [7, 11) is 3.21. The zero-order chi connectivity index (χ0) is 19.2. The third-order valence-corrected chi connectivity index (χ3v) is 4.69. The van der Waals surface area contributed by atoms with E-state index in [9.17, 15) is 4.79 Å². The predicted octanol–water partition coefficient (Wildman–Crippen LogP) is 3.00. The minimum Gasteiger partial charge on any atom is -0.497 e. The second-order valence-electron chi connectivity index (χ2n) is 6.45. The van der Waals surface area contributed by atoms with Crippen molar-refractivity contribution in [2.24, 2.45) is 5.10 Å². The summed E-state index contributed by atoms with van der Waals surface area (Å²) in [4.78, 5) is 14.5. The molecule has 0 atom stereocenters. The third-order valence-electron chi connectivity index (χ3n) is 4.69. The summed E-state index contributed by atoms with van der Waals surface area (Å²) in [6, 6.07) is 13.7. The Labute approximate surface area is 159 Å². The number of benzene rings is 2. The van der Waals surface area contributed by atoms with Gasteiger partial charge in [0.2, 0.25) is 0 Å². The number of para-hydroxylation sites is 1. The molecule has 6 heteroatoms. The number of ether oxygens (including phenoxy) is 2. The lowest BCUT2D eigenvalue weighted by molar-refractivity contribution is -0.119. The van der Waals surface area contributed by atoms with Crippen molar-refractivity contribution in [3.63, 3.8) is 0 Å². The molecule has 6 nitrogen and oxygen atoms in total. The first kappa shape index (κ1) is 18.8. The highest BCUT2D eigenvalue weighted by atomic mass is 16.5. The van der Waals surface area contributed by atoms with Gasteiger partial charge in [-0.15, -0.1) is 0 Å². The van der Waals surface area contributed by atoms with Crippen LogP contribution in [-0.2, 0) is 11.2 Å². The van der Waals surface area contributed by atoms with Crippen molar-refractivity contribution in [2.45, 2.75) is 19.8 Å². The van der Waals surface area contributed by atoms with Gasteiger partial charge in [-0.2, -0.15) is 5.10 Å². The normalized spacial score (nSPS) is 13.7. The number of hydrogen-bond acceptors (Lipinski definition) is 5. The van der Waals surface area contributed by atoms with Crippen molar-refractivity contribution in [1.29, 1.82) is 0 Å². The molecular weight excluding hydrogens is 342 g/mol. The number of rotatable bonds is 6. The SMILES string of the molecule is COc1ccc(OC)c(/C(C)=N\NC(=O)CN2CCCc3ccccc32)c1. The molecule has 1 N–H and O–H groups in total. The van der Waals surface area contributed by atoms with Crippen LogP contribution in [0.2, 0.25) is 0 Å². The standard InChI is InChI=1S/C21H25N3O3/c1-15(18-13-17(26-2)10-11-20(18)27-3)22-23-21(25)14-24-12-6-8-16-7-4-5-9-19(16)24/h4-5,7,9-11,13H,6,8,12,14H2,1-3H3,(H,23,25)/b22-15-. The molecule has 0 aromatic heterocycles. The van der Waals surface area contributed by atoms with Crippen LogP contribution in [0.3, 0.4) is 0 Å². The lowest BCUT2D eigenvalue weighted by Gasteiger charge is -2.30. The first-order valence-electron chi connectivity index (χ1n) is 9.00. The molecule has 0 aliphatic carbocycles. The maximum Gasteiger partial charge on any atom is 0.259 e. The summed E-state index contributed by atoms with van der Waals surface area (Å²) in [6.07, 6.45) is 2.11. The van der Waals surface area contributed by atoms with E-state index in [1.807, 2.05) is 37.3 Å². The zero-order valence-electron chi connectivity index (χ0n) is 16.0. The molecule has 3 rings (SSSR count). The summed E-state index contributed by atoms with van der Waals surface area (Å²) >= 11 is 0. The fourth-order valence-corrected chi connectivity index (χ4v) is 3.29. The number of carbonyl (C=O) groups is 1. The van der Waals surface area contributed by atoms with Crippen LogP contribution in [0.5, 0.6) is 11.5 Å². The number of nitrogens with one attached hydrogen (secondary N) is 1. The van der Waals surface area contributed by atoms with Crippen LogP contribution < -0.4 is 19.8 Å². The van der Waals surface area contributed by atoms with Gasteiger partial charge in [-0.05, 0) is 49.6 Å². The molecule has 142 valence electrons. The summed E-state index contributed by atoms with van der Waals surface area (Å²) in [5, 5.41) is 4.25. The summed E-state index contributed by atoms with van der Waals surface area (Å²) < 4.78 is 10.6. The van der Waals surface area contributed by atoms with Gasteiger partial charge in [-0.25, -0.2) is 5.43 Å². The highest BCUT2D eigenvalue weighted by Gasteiger charge is 2.18. The third kappa shape index (κ3) is 4.39. The molecule has 0 radical (unpaired) electrons. The molecule has 27 heavy (non-hydrogen) atoms. The van der Waals surface area contributed by atoms with Crippen LogP contribution in [0.15, 0.2) is 47.6 Å². The molecule has 0 bridgehead atoms. The van der Waals surface area contributed by atoms with Gasteiger partial charge in [0.15, 0.2) is 0 Å². The highest BCUT2D eigenvalue weighted by Crippen LogP contribution is 2.26. The molecule has 2 aromatic rings. The van der Waals surface area contributed by atoms with Crippen LogP contribution in [0.25, 0.3) is 0 Å². The number of nitrogens with zero attached hydrogens (tertiary/aromatic N) is 2. The van der Waals surface area contributed by atoms with Crippen molar-refractivity contribution in [1.82, 2.24) is 5.43 Å². The molecule has 2 aromatic carbocycles. The Morgan fingerprint density at radius 1 is 1.19 bits per heavy atom. The number of carbonyl (C=O) groups excluding carboxylic acids is 1. The zero-order valence-corrected chi connectivity index (χ0v) is 16.0. The number of hydrogen-bond donors (Lipinski definition) is 1. The van der Waals surface area contributed by atoms with Crippen LogP contribution >= 0.6 is 0 Å². The molecule has 1 aliphatic heterocycles. The van der Waals surface area contributed by atoms with E-state index in [4.69, 9.17) is 9.47 Å². The minimum absolute atomic E-state index is 0.145. The van der Waals surface area contributed by atoms with E-state index in [1.165, 1.54) is 5.56 Å². The van der Waals surface area contributed by atoms with Gasteiger partial charge in [-0.1, -0.05) is 18.2 Å². The van der Waals surface area contributed by atoms with Gasteiger partial charge in [0.1, 0.15) is 11.5 Å². The van der Waals surface area contributed by atoms with Crippen molar-refractivity contribution in [2.75, 3.05) is 32.2 Å². The monoisotopic (exact) mass is 367 g/mol. The summed E-state index contributed by atoms with van der Waals surface area (Å²) in [5.41, 5.74) is 6.51. The number of amides is 1. The van der Waals surface area contributed by atoms with Gasteiger partial charge < -0.3 is 14.4 Å². The van der Waals surface area contributed by atoms with E-state index in [-0.39, 0.29) is 12.5 Å². The Bertz CT molecular complexity index is 848. The highest BCUT2D eigenvalue weighted by molar-refractivity contribution is 6.02. The Hall–Kier alpha value is -3.02. The molecule has 0 saturated heterocycles. The maximum atomic E-state index is 12.4. The molecule has 1 heterocycles. The number of aryl methyl sites for hydroxylation is 1. The van der Waals surface area contributed by atoms with Gasteiger partial charge in [-0.3, -0.25) is 4.79 Å². The van der Waals surface area contributed by atoms with E-state index in [2.05, 4.69) is 27.6 Å². The van der Waals surface area contributed by atoms with Crippen molar-refractivity contribution in [3.8, 4) is 11.5 Å². The molecule has 1 amide bonds. The van der Waals surface area contributed by atoms with Crippen molar-refractivity contribution < 1.29 is 14.3 Å². The molecular formula is C21H25N3O3. The van der Waals surface area contributed by atoms with Crippen molar-refractivity contribution in [3.05, 3.63) is 53.6 Å². The smallest absolute Gasteiger partial charge is 0.259 e. The molecule has 0 saturated carbocycles. The van der Waals surface area contributed by atoms with Gasteiger partial charge >= 0.3 is 0 Å². The average molecular weight is 367 g/mol. The van der Waals surface area contributed by atoms with Gasteiger partial charge in [0.05, 0.1) is 26.5 Å². The fraction of sp³-hybridized carbons (Fsp3) is 0.333. The van der Waals surface area contributed by atoms with E-state index in [1.54, 1.807) is 14.2 Å². The van der Waals surface area contributed by atoms with E-state index >= 15 is 0 Å². The maximum absolute atomic E-state index is 12.4. The second kappa shape index (κ2) is 8.58. The fourth-order valence-electron chi connectivity index (χ4n) is 3.29. The second-order valence-corrected chi connectivity index (χ2v) is 6.45. The quantitative estimate of drug-likeness (QED) is 0.630. The van der Waals surface area contributed by atoms with Gasteiger partial charge in [0, 0.05) is 17.8 Å². The minimum atomic E-state index is -0.145. The van der Waals surface area contributed by atoms with Crippen LogP contribution in [0.4, 0.5) is 5.69 Å². The van der Waals surface area contributed by atoms with E-state index in [0.29, 0.717) is 17.2 Å². The number of fused-ring (bicyclic) bond motifs is 1. The lowest BCUT2D eigenvalue weighted by atomic mass is 10.0. The van der Waals surface area contributed by atoms with Crippen LogP contribution in [0, 0.1) is 0 Å². The molecule has 0 fully saturated rings. The van der Waals surface area contributed by atoms with Crippen molar-refractivity contribution >= 4 is 17.3 Å². The molecule has 0 spiro atoms. The Kier molecular flexibility index (Phi) is 5.96. The van der Waals surface area contributed by atoms with Crippen LogP contribution in [0.1, 0.15) is 24.5 Å². The number of anilines is 1. The first-order valence-corrected chi connectivity index (χ1v) is 9.00. The first-order chi connectivity index (χ1) is 13.1. The van der Waals surface area contributed by atoms with Crippen LogP contribution in [-0.4, -0.2) is 38.9 Å². The summed E-state index contributed by atoms with van der Waals surface area (Å²) in [5.74, 6) is 1.24. The molecule has 0 unspecified atom stereocenters. The summed E-state index contributed by atoms with van der Waals surface area (Å²) in [6.45, 7) is 2.98. The molecule has 1 aliphatic rings. The number of methoxy groups -OCH3 is 2. The number of hydrazone groups is 1. The Balaban J connectivity index is 1.69. The lowest BCUT2D eigenvalue weighted by Crippen LogP contribution is -2.38. The van der Waals surface area contributed by atoms with Gasteiger partial charge in [0.25, 0.3) is 5.91 Å². The van der Waals surface area contributed by atoms with E-state index in [0.717, 1.165) is 30.6 Å². The topological polar surface area (TPSA) is 63.2 Å². The predicted molar refractivity (Wildman–Crippen MR) is 107 cm³/mol. The Morgan fingerprint density at radius 2 is 2.00 bits per heavy atom. The average Bonchev–Trinajstić information content (AvgIpc) is 2.71. The Morgan fingerprint density at radius 3 is 2.78 bits per heavy atom. The largest absolute Gasteiger partial charge is 0.497 e. The van der Waals surface area contributed by atoms with E-state index < -0.39 is 0 Å².